The number of carbonyl (C=O) groups is 5. The van der Waals surface area contributed by atoms with Gasteiger partial charge in [0, 0.05) is 57.8 Å². The lowest BCUT2D eigenvalue weighted by molar-refractivity contribution is -0.209. The first-order chi connectivity index (χ1) is 31.7. The molecule has 66 heavy (non-hydrogen) atoms. The molecule has 3 aromatic heterocycles. The number of imidazole rings is 1. The summed E-state index contributed by atoms with van der Waals surface area (Å²) in [6.07, 6.45) is -5.21. The number of aromatic nitrogens is 5. The Morgan fingerprint density at radius 2 is 1.53 bits per heavy atom. The Labute approximate surface area is 375 Å². The number of benzene rings is 2. The maximum absolute atomic E-state index is 13.8. The number of hydrogen-bond acceptors (Lipinski definition) is 14. The zero-order chi connectivity index (χ0) is 46.8. The SMILES string of the molecule is CC(=O)OCC(=O)N[C@H]1C[C@@H](n2cnc3c(NCC(c4ccccc4)c4ccccc4)nc(C(=O)NCCNC(=O)NC4CCN(c5ccccn5)CC4)nc32)[C@H](OC(=O)C(F)(F)F)[C@@H]1O. The van der Waals surface area contributed by atoms with E-state index in [9.17, 15) is 42.3 Å². The number of ether oxygens (including phenoxy) is 2. The number of halogens is 3. The zero-order valence-corrected chi connectivity index (χ0v) is 35.6. The first-order valence-electron chi connectivity index (χ1n) is 21.2. The number of rotatable bonds is 16. The van der Waals surface area contributed by atoms with E-state index in [1.807, 2.05) is 78.9 Å². The Kier molecular flexibility index (Phi) is 14.9. The lowest BCUT2D eigenvalue weighted by atomic mass is 9.91. The quantitative estimate of drug-likeness (QED) is 0.0616. The van der Waals surface area contributed by atoms with Crippen LogP contribution in [0, 0.1) is 0 Å². The normalized spacial score (nSPS) is 18.7. The van der Waals surface area contributed by atoms with Crippen molar-refractivity contribution in [3.63, 3.8) is 0 Å². The zero-order valence-electron chi connectivity index (χ0n) is 35.6. The fourth-order valence-corrected chi connectivity index (χ4v) is 8.00. The van der Waals surface area contributed by atoms with Crippen molar-refractivity contribution in [1.82, 2.24) is 45.8 Å². The van der Waals surface area contributed by atoms with E-state index in [2.05, 4.69) is 51.4 Å². The van der Waals surface area contributed by atoms with Gasteiger partial charge in [-0.2, -0.15) is 13.2 Å². The molecular formula is C44H48F3N11O8. The Bertz CT molecular complexity index is 2440. The van der Waals surface area contributed by atoms with Crippen molar-refractivity contribution in [1.29, 1.82) is 0 Å². The van der Waals surface area contributed by atoms with E-state index in [4.69, 9.17) is 9.47 Å². The summed E-state index contributed by atoms with van der Waals surface area (Å²) in [6.45, 7) is 1.96. The predicted molar refractivity (Wildman–Crippen MR) is 231 cm³/mol. The van der Waals surface area contributed by atoms with Gasteiger partial charge >= 0.3 is 24.1 Å². The van der Waals surface area contributed by atoms with Gasteiger partial charge in [-0.15, -0.1) is 0 Å². The third-order valence-corrected chi connectivity index (χ3v) is 11.2. The van der Waals surface area contributed by atoms with Crippen LogP contribution in [-0.4, -0.2) is 129 Å². The summed E-state index contributed by atoms with van der Waals surface area (Å²) in [5.41, 5.74) is 1.89. The van der Waals surface area contributed by atoms with E-state index in [1.54, 1.807) is 6.20 Å². The van der Waals surface area contributed by atoms with Crippen LogP contribution in [0.25, 0.3) is 11.2 Å². The molecule has 19 nitrogen and oxygen atoms in total. The number of nitrogens with one attached hydrogen (secondary N) is 5. The topological polar surface area (TPSA) is 244 Å². The van der Waals surface area contributed by atoms with Crippen molar-refractivity contribution in [2.24, 2.45) is 0 Å². The fraction of sp³-hybridized carbons (Fsp3) is 0.386. The van der Waals surface area contributed by atoms with Crippen LogP contribution in [0.1, 0.15) is 59.9 Å². The van der Waals surface area contributed by atoms with Gasteiger partial charge < -0.3 is 50.6 Å². The largest absolute Gasteiger partial charge is 0.490 e. The minimum absolute atomic E-state index is 0.0300. The molecule has 4 heterocycles. The number of aliphatic hydroxyl groups is 1. The molecule has 1 saturated heterocycles. The molecule has 5 aromatic rings. The molecule has 6 N–H and O–H groups in total. The maximum Gasteiger partial charge on any atom is 0.490 e. The average Bonchev–Trinajstić information content (AvgIpc) is 3.87. The van der Waals surface area contributed by atoms with Gasteiger partial charge in [0.15, 0.2) is 24.2 Å². The van der Waals surface area contributed by atoms with E-state index in [-0.39, 0.29) is 60.8 Å². The number of aliphatic hydroxyl groups excluding tert-OH is 1. The van der Waals surface area contributed by atoms with Crippen molar-refractivity contribution in [3.8, 4) is 0 Å². The third-order valence-electron chi connectivity index (χ3n) is 11.2. The van der Waals surface area contributed by atoms with Gasteiger partial charge in [0.2, 0.25) is 5.82 Å². The van der Waals surface area contributed by atoms with Crippen LogP contribution in [0.15, 0.2) is 91.4 Å². The minimum Gasteiger partial charge on any atom is -0.456 e. The Morgan fingerprint density at radius 1 is 0.864 bits per heavy atom. The van der Waals surface area contributed by atoms with E-state index in [1.165, 1.54) is 10.9 Å². The lowest BCUT2D eigenvalue weighted by Gasteiger charge is -2.33. The highest BCUT2D eigenvalue weighted by Gasteiger charge is 2.51. The van der Waals surface area contributed by atoms with Gasteiger partial charge in [0.1, 0.15) is 17.4 Å². The molecule has 0 radical (unpaired) electrons. The van der Waals surface area contributed by atoms with Crippen molar-refractivity contribution < 1.29 is 51.7 Å². The third kappa shape index (κ3) is 11.7. The number of pyridine rings is 1. The molecule has 1 saturated carbocycles. The molecule has 0 bridgehead atoms. The molecule has 22 heteroatoms. The Morgan fingerprint density at radius 3 is 2.17 bits per heavy atom. The van der Waals surface area contributed by atoms with E-state index in [0.29, 0.717) is 25.9 Å². The van der Waals surface area contributed by atoms with Crippen LogP contribution in [0.4, 0.5) is 29.6 Å². The smallest absolute Gasteiger partial charge is 0.456 e. The molecule has 7 rings (SSSR count). The van der Waals surface area contributed by atoms with E-state index in [0.717, 1.165) is 23.9 Å². The standard InChI is InChI=1S/C44H48F3N11O8/c1-26(59)65-24-34(60)54-31-22-32(37(36(31)61)66-42(63)44(45,46)47)58-25-52-35-38(51-23-30(27-10-4-2-5-11-27)28-12-6-3-7-13-28)55-39(56-40(35)58)41(62)49-18-19-50-43(64)53-29-15-20-57(21-16-29)33-14-8-9-17-48-33/h2-14,17,25,29-32,36-37,61H,15-16,18-24H2,1H3,(H,49,62)(H,54,60)(H2,50,53,64)(H,51,55,56)/t31-,32+,36+,37-/m0/s1. The summed E-state index contributed by atoms with van der Waals surface area (Å²) >= 11 is 0. The number of anilines is 2. The fourth-order valence-electron chi connectivity index (χ4n) is 8.00. The van der Waals surface area contributed by atoms with Crippen molar-refractivity contribution in [3.05, 3.63) is 108 Å². The van der Waals surface area contributed by atoms with Crippen LogP contribution in [-0.2, 0) is 23.9 Å². The molecular weight excluding hydrogens is 868 g/mol. The summed E-state index contributed by atoms with van der Waals surface area (Å²) in [6, 6.07) is 21.8. The highest BCUT2D eigenvalue weighted by atomic mass is 19.4. The minimum atomic E-state index is -5.44. The number of fused-ring (bicyclic) bond motifs is 1. The monoisotopic (exact) mass is 915 g/mol. The van der Waals surface area contributed by atoms with Crippen LogP contribution in [0.5, 0.6) is 0 Å². The molecule has 1 aliphatic carbocycles. The lowest BCUT2D eigenvalue weighted by Crippen LogP contribution is -2.49. The van der Waals surface area contributed by atoms with Crippen molar-refractivity contribution in [2.45, 2.75) is 68.6 Å². The highest BCUT2D eigenvalue weighted by molar-refractivity contribution is 5.94. The maximum atomic E-state index is 13.8. The average molecular weight is 916 g/mol. The first kappa shape index (κ1) is 46.6. The number of alkyl halides is 3. The van der Waals surface area contributed by atoms with Crippen LogP contribution >= 0.6 is 0 Å². The number of hydrogen-bond donors (Lipinski definition) is 6. The summed E-state index contributed by atoms with van der Waals surface area (Å²) in [5, 5.41) is 25.3. The Balaban J connectivity index is 1.11. The second-order valence-electron chi connectivity index (χ2n) is 15.7. The molecule has 2 aromatic carbocycles. The molecule has 348 valence electrons. The van der Waals surface area contributed by atoms with Crippen molar-refractivity contribution in [2.75, 3.05) is 49.5 Å². The second kappa shape index (κ2) is 21.1. The van der Waals surface area contributed by atoms with Gasteiger partial charge in [0.25, 0.3) is 11.8 Å². The second-order valence-corrected chi connectivity index (χ2v) is 15.7. The molecule has 4 amide bonds. The molecule has 0 spiro atoms. The summed E-state index contributed by atoms with van der Waals surface area (Å²) < 4.78 is 51.5. The Hall–Kier alpha value is -7.36. The van der Waals surface area contributed by atoms with E-state index < -0.39 is 66.9 Å². The van der Waals surface area contributed by atoms with E-state index >= 15 is 0 Å². The van der Waals surface area contributed by atoms with Gasteiger partial charge in [-0.05, 0) is 42.5 Å². The molecule has 1 aliphatic heterocycles. The number of piperidine rings is 1. The summed E-state index contributed by atoms with van der Waals surface area (Å²) in [5.74, 6) is -4.70. The molecule has 4 atom stereocenters. The van der Waals surface area contributed by atoms with Gasteiger partial charge in [-0.25, -0.2) is 29.5 Å². The summed E-state index contributed by atoms with van der Waals surface area (Å²) in [7, 11) is 0. The van der Waals surface area contributed by atoms with Crippen LogP contribution in [0.3, 0.4) is 0 Å². The molecule has 2 fully saturated rings. The van der Waals surface area contributed by atoms with Gasteiger partial charge in [-0.1, -0.05) is 66.7 Å². The van der Waals surface area contributed by atoms with Crippen molar-refractivity contribution >= 4 is 52.6 Å². The van der Waals surface area contributed by atoms with Crippen LogP contribution in [0.2, 0.25) is 0 Å². The number of carbonyl (C=O) groups excluding carboxylic acids is 5. The van der Waals surface area contributed by atoms with Gasteiger partial charge in [0.05, 0.1) is 18.4 Å². The summed E-state index contributed by atoms with van der Waals surface area (Å²) in [4.78, 5) is 82.7. The van der Waals surface area contributed by atoms with Gasteiger partial charge in [-0.3, -0.25) is 14.4 Å². The first-order valence-corrected chi connectivity index (χ1v) is 21.2. The van der Waals surface area contributed by atoms with Crippen LogP contribution < -0.4 is 31.5 Å². The number of nitrogens with zero attached hydrogens (tertiary/aromatic N) is 6. The molecule has 2 aliphatic rings. The number of amides is 4. The molecule has 0 unspecified atom stereocenters. The predicted octanol–water partition coefficient (Wildman–Crippen LogP) is 2.99. The number of urea groups is 1. The number of esters is 2. The highest BCUT2D eigenvalue weighted by Crippen LogP contribution is 2.37.